The molecule has 0 atom stereocenters. The van der Waals surface area contributed by atoms with Gasteiger partial charge in [-0.1, -0.05) is 18.9 Å². The first-order valence-corrected chi connectivity index (χ1v) is 10.8. The Hall–Kier alpha value is -3.24. The monoisotopic (exact) mass is 411 g/mol. The summed E-state index contributed by atoms with van der Waals surface area (Å²) in [5.74, 6) is 4.00. The van der Waals surface area contributed by atoms with Gasteiger partial charge < -0.3 is 13.9 Å². The van der Waals surface area contributed by atoms with E-state index in [0.29, 0.717) is 35.1 Å². The Morgan fingerprint density at radius 3 is 2.66 bits per heavy atom. The molecule has 29 heavy (non-hydrogen) atoms. The smallest absolute Gasteiger partial charge is 0.220 e. The molecule has 7 heteroatoms. The van der Waals surface area contributed by atoms with E-state index in [0.717, 1.165) is 5.56 Å². The van der Waals surface area contributed by atoms with Gasteiger partial charge in [-0.05, 0) is 48.9 Å². The lowest BCUT2D eigenvalue weighted by molar-refractivity contribution is 0.299. The van der Waals surface area contributed by atoms with E-state index in [2.05, 4.69) is 10.9 Å². The Balaban J connectivity index is 1.86. The van der Waals surface area contributed by atoms with Gasteiger partial charge in [0.2, 0.25) is 5.89 Å². The molecule has 0 unspecified atom stereocenters. The number of aromatic nitrogens is 1. The van der Waals surface area contributed by atoms with E-state index in [4.69, 9.17) is 20.3 Å². The zero-order valence-electron chi connectivity index (χ0n) is 16.2. The van der Waals surface area contributed by atoms with Crippen LogP contribution in [0.25, 0.3) is 23.3 Å². The van der Waals surface area contributed by atoms with Crippen molar-refractivity contribution in [1.82, 2.24) is 4.98 Å². The van der Waals surface area contributed by atoms with Gasteiger partial charge in [0.05, 0.1) is 17.3 Å². The maximum absolute atomic E-state index is 12.0. The van der Waals surface area contributed by atoms with Gasteiger partial charge in [-0.2, -0.15) is 0 Å². The number of hydrogen-bond acceptors (Lipinski definition) is 6. The number of hydrogen-bond donors (Lipinski definition) is 0. The summed E-state index contributed by atoms with van der Waals surface area (Å²) in [7, 11) is -3.29. The van der Waals surface area contributed by atoms with Crippen molar-refractivity contribution in [2.24, 2.45) is 0 Å². The molecule has 0 bridgehead atoms. The molecule has 3 rings (SSSR count). The van der Waals surface area contributed by atoms with Crippen molar-refractivity contribution in [1.29, 1.82) is 0 Å². The van der Waals surface area contributed by atoms with E-state index in [9.17, 15) is 8.42 Å². The molecule has 0 spiro atoms. The molecule has 6 nitrogen and oxygen atoms in total. The van der Waals surface area contributed by atoms with E-state index in [1.165, 1.54) is 12.1 Å². The Kier molecular flexibility index (Phi) is 6.25. The van der Waals surface area contributed by atoms with E-state index < -0.39 is 9.84 Å². The number of sulfone groups is 1. The fourth-order valence-electron chi connectivity index (χ4n) is 2.66. The minimum absolute atomic E-state index is 0.0341. The molecule has 0 aliphatic carbocycles. The van der Waals surface area contributed by atoms with Crippen LogP contribution in [0.5, 0.6) is 11.5 Å². The number of nitrogens with zero attached hydrogens (tertiary/aromatic N) is 1. The standard InChI is InChI=1S/C22H21NO5S/c1-4-13-27-20-10-7-16(14-21(20)26-5-2)8-12-22-23-18-15-17(29(24,25)6-3)9-11-19(18)28-22/h1,7-12,14-15H,5-6,13H2,2-3H3/b12-8+. The average molecular weight is 411 g/mol. The fourth-order valence-corrected chi connectivity index (χ4v) is 3.56. The molecule has 1 heterocycles. The number of ether oxygens (including phenoxy) is 2. The summed E-state index contributed by atoms with van der Waals surface area (Å²) in [6.07, 6.45) is 8.77. The maximum atomic E-state index is 12.0. The van der Waals surface area contributed by atoms with E-state index in [1.807, 2.05) is 25.1 Å². The van der Waals surface area contributed by atoms with Crippen LogP contribution in [-0.2, 0) is 9.84 Å². The van der Waals surface area contributed by atoms with Crippen molar-refractivity contribution < 1.29 is 22.3 Å². The summed E-state index contributed by atoms with van der Waals surface area (Å²) in [4.78, 5) is 4.59. The molecule has 150 valence electrons. The highest BCUT2D eigenvalue weighted by molar-refractivity contribution is 7.91. The number of oxazole rings is 1. The lowest BCUT2D eigenvalue weighted by atomic mass is 10.2. The van der Waals surface area contributed by atoms with Crippen LogP contribution in [0.15, 0.2) is 45.7 Å². The van der Waals surface area contributed by atoms with E-state index in [-0.39, 0.29) is 17.3 Å². The second kappa shape index (κ2) is 8.84. The van der Waals surface area contributed by atoms with Gasteiger partial charge in [-0.25, -0.2) is 13.4 Å². The third kappa shape index (κ3) is 4.79. The van der Waals surface area contributed by atoms with Crippen molar-refractivity contribution in [3.63, 3.8) is 0 Å². The van der Waals surface area contributed by atoms with Crippen LogP contribution in [0.4, 0.5) is 0 Å². The first-order valence-electron chi connectivity index (χ1n) is 9.11. The maximum Gasteiger partial charge on any atom is 0.220 e. The van der Waals surface area contributed by atoms with Crippen molar-refractivity contribution in [3.8, 4) is 23.8 Å². The molecule has 0 saturated heterocycles. The Morgan fingerprint density at radius 2 is 1.93 bits per heavy atom. The molecule has 3 aromatic rings. The van der Waals surface area contributed by atoms with Gasteiger partial charge >= 0.3 is 0 Å². The predicted octanol–water partition coefficient (Wildman–Crippen LogP) is 4.20. The summed E-state index contributed by atoms with van der Waals surface area (Å²) in [5, 5.41) is 0. The van der Waals surface area contributed by atoms with Crippen LogP contribution < -0.4 is 9.47 Å². The Labute approximate surface area is 170 Å². The topological polar surface area (TPSA) is 78.6 Å². The van der Waals surface area contributed by atoms with Gasteiger partial charge in [-0.15, -0.1) is 6.42 Å². The molecule has 0 fully saturated rings. The zero-order valence-corrected chi connectivity index (χ0v) is 17.0. The van der Waals surface area contributed by atoms with Gasteiger partial charge in [0, 0.05) is 6.08 Å². The predicted molar refractivity (Wildman–Crippen MR) is 113 cm³/mol. The summed E-state index contributed by atoms with van der Waals surface area (Å²) >= 11 is 0. The largest absolute Gasteiger partial charge is 0.490 e. The minimum Gasteiger partial charge on any atom is -0.490 e. The summed E-state index contributed by atoms with van der Waals surface area (Å²) in [5.41, 5.74) is 1.87. The number of terminal acetylenes is 1. The van der Waals surface area contributed by atoms with Crippen LogP contribution in [0.1, 0.15) is 25.3 Å². The molecule has 0 radical (unpaired) electrons. The number of benzene rings is 2. The Morgan fingerprint density at radius 1 is 1.10 bits per heavy atom. The lowest BCUT2D eigenvalue weighted by Crippen LogP contribution is -2.03. The highest BCUT2D eigenvalue weighted by atomic mass is 32.2. The molecule has 0 aliphatic heterocycles. The lowest BCUT2D eigenvalue weighted by Gasteiger charge is -2.10. The number of fused-ring (bicyclic) bond motifs is 1. The Bertz CT molecular complexity index is 1190. The molecule has 0 N–H and O–H groups in total. The van der Waals surface area contributed by atoms with Crippen LogP contribution in [0.3, 0.4) is 0 Å². The molecule has 0 saturated carbocycles. The second-order valence-corrected chi connectivity index (χ2v) is 8.33. The first-order chi connectivity index (χ1) is 14.0. The SMILES string of the molecule is C#CCOc1ccc(/C=C/c2nc3cc(S(=O)(=O)CC)ccc3o2)cc1OCC. The second-order valence-electron chi connectivity index (χ2n) is 6.05. The van der Waals surface area contributed by atoms with Crippen LogP contribution in [0, 0.1) is 12.3 Å². The van der Waals surface area contributed by atoms with Gasteiger partial charge in [0.25, 0.3) is 0 Å². The quantitative estimate of drug-likeness (QED) is 0.517. The van der Waals surface area contributed by atoms with Crippen molar-refractivity contribution in [2.45, 2.75) is 18.7 Å². The zero-order chi connectivity index (χ0) is 20.9. The highest BCUT2D eigenvalue weighted by Gasteiger charge is 2.14. The third-order valence-corrected chi connectivity index (χ3v) is 5.84. The average Bonchev–Trinajstić information content (AvgIpc) is 3.14. The summed E-state index contributed by atoms with van der Waals surface area (Å²) in [6, 6.07) is 10.2. The van der Waals surface area contributed by atoms with Gasteiger partial charge in [0.15, 0.2) is 26.9 Å². The number of rotatable bonds is 8. The minimum atomic E-state index is -3.29. The molecule has 1 aromatic heterocycles. The van der Waals surface area contributed by atoms with Crippen LogP contribution >= 0.6 is 0 Å². The normalized spacial score (nSPS) is 11.6. The van der Waals surface area contributed by atoms with Crippen LogP contribution in [-0.4, -0.2) is 32.4 Å². The fraction of sp³-hybridized carbons (Fsp3) is 0.227. The highest BCUT2D eigenvalue weighted by Crippen LogP contribution is 2.29. The van der Waals surface area contributed by atoms with Crippen molar-refractivity contribution in [2.75, 3.05) is 19.0 Å². The van der Waals surface area contributed by atoms with Crippen molar-refractivity contribution in [3.05, 3.63) is 47.9 Å². The first kappa shape index (κ1) is 20.5. The molecule has 2 aromatic carbocycles. The molecule has 0 amide bonds. The third-order valence-electron chi connectivity index (χ3n) is 4.11. The molecular weight excluding hydrogens is 390 g/mol. The summed E-state index contributed by atoms with van der Waals surface area (Å²) in [6.45, 7) is 4.15. The van der Waals surface area contributed by atoms with Gasteiger partial charge in [0.1, 0.15) is 12.1 Å². The van der Waals surface area contributed by atoms with Gasteiger partial charge in [-0.3, -0.25) is 0 Å². The molecular formula is C22H21NO5S. The van der Waals surface area contributed by atoms with Crippen LogP contribution in [0.2, 0.25) is 0 Å². The van der Waals surface area contributed by atoms with E-state index in [1.54, 1.807) is 25.1 Å². The van der Waals surface area contributed by atoms with E-state index >= 15 is 0 Å². The van der Waals surface area contributed by atoms with Crippen molar-refractivity contribution >= 4 is 33.1 Å². The molecule has 0 aliphatic rings. The summed E-state index contributed by atoms with van der Waals surface area (Å²) < 4.78 is 40.8.